The average molecular weight is 337 g/mol. The van der Waals surface area contributed by atoms with Crippen molar-refractivity contribution in [2.75, 3.05) is 0 Å². The third-order valence-corrected chi connectivity index (χ3v) is 3.31. The van der Waals surface area contributed by atoms with E-state index < -0.39 is 4.92 Å². The van der Waals surface area contributed by atoms with Gasteiger partial charge in [0.25, 0.3) is 0 Å². The van der Waals surface area contributed by atoms with Gasteiger partial charge in [0.2, 0.25) is 5.75 Å². The maximum Gasteiger partial charge on any atom is 0.312 e. The lowest BCUT2D eigenvalue weighted by Gasteiger charge is -2.10. The lowest BCUT2D eigenvalue weighted by molar-refractivity contribution is -0.385. The Kier molecular flexibility index (Phi) is 4.36. The summed E-state index contributed by atoms with van der Waals surface area (Å²) in [5, 5.41) is 11.0. The van der Waals surface area contributed by atoms with E-state index in [1.807, 2.05) is 19.1 Å². The number of ether oxygens (including phenoxy) is 1. The predicted octanol–water partition coefficient (Wildman–Crippen LogP) is 3.92. The Bertz CT molecular complexity index is 659. The highest BCUT2D eigenvalue weighted by Crippen LogP contribution is 2.34. The standard InChI is InChI=1S/C14H13BrN2O3/c1-9-6-10(8-16)2-4-13(9)20-14-5-3-11(15)7-12(14)17(18)19/h2-7H,8,16H2,1H3. The molecular weight excluding hydrogens is 324 g/mol. The molecule has 0 saturated heterocycles. The maximum atomic E-state index is 11.0. The minimum atomic E-state index is -0.469. The minimum Gasteiger partial charge on any atom is -0.450 e. The van der Waals surface area contributed by atoms with Crippen LogP contribution < -0.4 is 10.5 Å². The number of halogens is 1. The summed E-state index contributed by atoms with van der Waals surface area (Å²) in [7, 11) is 0. The second-order valence-electron chi connectivity index (χ2n) is 4.28. The zero-order valence-electron chi connectivity index (χ0n) is 10.8. The first-order valence-corrected chi connectivity index (χ1v) is 6.72. The molecule has 2 aromatic carbocycles. The molecule has 0 aliphatic heterocycles. The molecular formula is C14H13BrN2O3. The van der Waals surface area contributed by atoms with Crippen LogP contribution in [0.2, 0.25) is 0 Å². The lowest BCUT2D eigenvalue weighted by atomic mass is 10.1. The van der Waals surface area contributed by atoms with Crippen molar-refractivity contribution in [3.63, 3.8) is 0 Å². The molecule has 0 amide bonds. The highest BCUT2D eigenvalue weighted by molar-refractivity contribution is 9.10. The van der Waals surface area contributed by atoms with Crippen LogP contribution in [0, 0.1) is 17.0 Å². The fraction of sp³-hybridized carbons (Fsp3) is 0.143. The van der Waals surface area contributed by atoms with Crippen LogP contribution >= 0.6 is 15.9 Å². The molecule has 0 saturated carbocycles. The van der Waals surface area contributed by atoms with E-state index >= 15 is 0 Å². The normalized spacial score (nSPS) is 10.3. The molecule has 0 unspecified atom stereocenters. The molecule has 0 spiro atoms. The molecule has 0 heterocycles. The van der Waals surface area contributed by atoms with Gasteiger partial charge in [0.05, 0.1) is 4.92 Å². The van der Waals surface area contributed by atoms with Crippen LogP contribution in [0.25, 0.3) is 0 Å². The van der Waals surface area contributed by atoms with E-state index in [1.54, 1.807) is 18.2 Å². The summed E-state index contributed by atoms with van der Waals surface area (Å²) < 4.78 is 6.28. The zero-order valence-corrected chi connectivity index (χ0v) is 12.4. The van der Waals surface area contributed by atoms with Gasteiger partial charge < -0.3 is 10.5 Å². The van der Waals surface area contributed by atoms with E-state index in [4.69, 9.17) is 10.5 Å². The number of nitro groups is 1. The predicted molar refractivity (Wildman–Crippen MR) is 79.9 cm³/mol. The van der Waals surface area contributed by atoms with E-state index in [9.17, 15) is 10.1 Å². The molecule has 104 valence electrons. The van der Waals surface area contributed by atoms with E-state index in [2.05, 4.69) is 15.9 Å². The molecule has 0 radical (unpaired) electrons. The fourth-order valence-corrected chi connectivity index (χ4v) is 2.14. The second-order valence-corrected chi connectivity index (χ2v) is 5.19. The van der Waals surface area contributed by atoms with Gasteiger partial charge in [-0.15, -0.1) is 0 Å². The van der Waals surface area contributed by atoms with Crippen LogP contribution in [0.4, 0.5) is 5.69 Å². The number of rotatable bonds is 4. The van der Waals surface area contributed by atoms with Crippen LogP contribution in [0.15, 0.2) is 40.9 Å². The molecule has 5 nitrogen and oxygen atoms in total. The number of aryl methyl sites for hydroxylation is 1. The summed E-state index contributed by atoms with van der Waals surface area (Å²) in [5.41, 5.74) is 7.35. The van der Waals surface area contributed by atoms with Crippen molar-refractivity contribution in [1.29, 1.82) is 0 Å². The van der Waals surface area contributed by atoms with Crippen LogP contribution in [0.1, 0.15) is 11.1 Å². The topological polar surface area (TPSA) is 78.4 Å². The Morgan fingerprint density at radius 3 is 2.55 bits per heavy atom. The van der Waals surface area contributed by atoms with Gasteiger partial charge in [-0.3, -0.25) is 10.1 Å². The van der Waals surface area contributed by atoms with E-state index in [1.165, 1.54) is 6.07 Å². The van der Waals surface area contributed by atoms with Crippen molar-refractivity contribution in [1.82, 2.24) is 0 Å². The summed E-state index contributed by atoms with van der Waals surface area (Å²) in [4.78, 5) is 10.6. The molecule has 2 aromatic rings. The Balaban J connectivity index is 2.37. The molecule has 2 rings (SSSR count). The average Bonchev–Trinajstić information content (AvgIpc) is 2.42. The maximum absolute atomic E-state index is 11.0. The first kappa shape index (κ1) is 14.5. The lowest BCUT2D eigenvalue weighted by Crippen LogP contribution is -1.98. The van der Waals surface area contributed by atoms with E-state index in [0.29, 0.717) is 16.8 Å². The third kappa shape index (κ3) is 3.15. The highest BCUT2D eigenvalue weighted by Gasteiger charge is 2.17. The Hall–Kier alpha value is -1.92. The van der Waals surface area contributed by atoms with Gasteiger partial charge in [-0.1, -0.05) is 28.1 Å². The van der Waals surface area contributed by atoms with Crippen molar-refractivity contribution < 1.29 is 9.66 Å². The van der Waals surface area contributed by atoms with Crippen molar-refractivity contribution >= 4 is 21.6 Å². The summed E-state index contributed by atoms with van der Waals surface area (Å²) in [6, 6.07) is 10.2. The molecule has 0 aliphatic rings. The number of nitro benzene ring substituents is 1. The second kappa shape index (κ2) is 6.02. The van der Waals surface area contributed by atoms with Gasteiger partial charge in [0, 0.05) is 17.1 Å². The van der Waals surface area contributed by atoms with Crippen LogP contribution in [-0.4, -0.2) is 4.92 Å². The van der Waals surface area contributed by atoms with Crippen LogP contribution in [-0.2, 0) is 6.54 Å². The summed E-state index contributed by atoms with van der Waals surface area (Å²) >= 11 is 3.21. The van der Waals surface area contributed by atoms with E-state index in [0.717, 1.165) is 11.1 Å². The van der Waals surface area contributed by atoms with Gasteiger partial charge in [-0.25, -0.2) is 0 Å². The van der Waals surface area contributed by atoms with Crippen LogP contribution in [0.3, 0.4) is 0 Å². The SMILES string of the molecule is Cc1cc(CN)ccc1Oc1ccc(Br)cc1[N+](=O)[O-]. The van der Waals surface area contributed by atoms with Gasteiger partial charge >= 0.3 is 5.69 Å². The van der Waals surface area contributed by atoms with Gasteiger partial charge in [-0.05, 0) is 36.2 Å². The van der Waals surface area contributed by atoms with Crippen molar-refractivity contribution in [3.05, 3.63) is 62.1 Å². The zero-order chi connectivity index (χ0) is 14.7. The van der Waals surface area contributed by atoms with Crippen molar-refractivity contribution in [3.8, 4) is 11.5 Å². The number of nitrogens with two attached hydrogens (primary N) is 1. The summed E-state index contributed by atoms with van der Waals surface area (Å²) in [5.74, 6) is 0.787. The summed E-state index contributed by atoms with van der Waals surface area (Å²) in [6.07, 6.45) is 0. The molecule has 0 fully saturated rings. The van der Waals surface area contributed by atoms with Gasteiger partial charge in [0.1, 0.15) is 5.75 Å². The molecule has 0 bridgehead atoms. The smallest absolute Gasteiger partial charge is 0.312 e. The molecule has 20 heavy (non-hydrogen) atoms. The number of hydrogen-bond donors (Lipinski definition) is 1. The number of hydrogen-bond acceptors (Lipinski definition) is 4. The fourth-order valence-electron chi connectivity index (χ4n) is 1.79. The van der Waals surface area contributed by atoms with Crippen LogP contribution in [0.5, 0.6) is 11.5 Å². The van der Waals surface area contributed by atoms with Crippen molar-refractivity contribution in [2.45, 2.75) is 13.5 Å². The Morgan fingerprint density at radius 2 is 1.95 bits per heavy atom. The number of benzene rings is 2. The molecule has 0 atom stereocenters. The molecule has 0 aliphatic carbocycles. The molecule has 2 N–H and O–H groups in total. The van der Waals surface area contributed by atoms with Gasteiger partial charge in [-0.2, -0.15) is 0 Å². The molecule has 6 heteroatoms. The Labute approximate surface area is 124 Å². The van der Waals surface area contributed by atoms with Crippen molar-refractivity contribution in [2.24, 2.45) is 5.73 Å². The summed E-state index contributed by atoms with van der Waals surface area (Å²) in [6.45, 7) is 2.32. The highest BCUT2D eigenvalue weighted by atomic mass is 79.9. The third-order valence-electron chi connectivity index (χ3n) is 2.81. The largest absolute Gasteiger partial charge is 0.450 e. The monoisotopic (exact) mass is 336 g/mol. The first-order valence-electron chi connectivity index (χ1n) is 5.92. The number of nitrogens with zero attached hydrogens (tertiary/aromatic N) is 1. The molecule has 0 aromatic heterocycles. The minimum absolute atomic E-state index is 0.0818. The quantitative estimate of drug-likeness (QED) is 0.677. The van der Waals surface area contributed by atoms with E-state index in [-0.39, 0.29) is 11.4 Å². The van der Waals surface area contributed by atoms with Gasteiger partial charge in [0.15, 0.2) is 0 Å². The first-order chi connectivity index (χ1) is 9.51. The Morgan fingerprint density at radius 1 is 1.25 bits per heavy atom.